The van der Waals surface area contributed by atoms with Crippen molar-refractivity contribution in [3.63, 3.8) is 0 Å². The molecule has 0 saturated heterocycles. The van der Waals surface area contributed by atoms with Crippen molar-refractivity contribution in [3.8, 4) is 0 Å². The van der Waals surface area contributed by atoms with Crippen LogP contribution in [0.25, 0.3) is 0 Å². The Hall–Kier alpha value is -0.990. The molecule has 0 atom stereocenters. The van der Waals surface area contributed by atoms with E-state index in [1.165, 1.54) is 0 Å². The van der Waals surface area contributed by atoms with Crippen LogP contribution in [0.2, 0.25) is 0 Å². The molecule has 0 spiro atoms. The molecule has 0 bridgehead atoms. The van der Waals surface area contributed by atoms with E-state index in [0.717, 1.165) is 5.69 Å². The molecule has 0 fully saturated rings. The molecule has 1 aromatic rings. The van der Waals surface area contributed by atoms with E-state index in [2.05, 4.69) is 10.3 Å². The van der Waals surface area contributed by atoms with Gasteiger partial charge in [-0.2, -0.15) is 8.42 Å². The van der Waals surface area contributed by atoms with Crippen LogP contribution >= 0.6 is 0 Å². The first-order valence-corrected chi connectivity index (χ1v) is 7.38. The van der Waals surface area contributed by atoms with Crippen LogP contribution in [0.4, 0.5) is 0 Å². The van der Waals surface area contributed by atoms with Gasteiger partial charge >= 0.3 is 0 Å². The van der Waals surface area contributed by atoms with E-state index in [9.17, 15) is 8.42 Å². The second-order valence-electron chi connectivity index (χ2n) is 5.39. The summed E-state index contributed by atoms with van der Waals surface area (Å²) in [6.07, 6.45) is 1.86. The normalized spacial score (nSPS) is 13.2. The van der Waals surface area contributed by atoms with Crippen LogP contribution in [-0.2, 0) is 16.7 Å². The summed E-state index contributed by atoms with van der Waals surface area (Å²) in [5.41, 5.74) is 0.809. The van der Waals surface area contributed by atoms with Gasteiger partial charge in [0.25, 0.3) is 10.1 Å². The first-order chi connectivity index (χ1) is 8.09. The average molecular weight is 277 g/mol. The third-order valence-corrected chi connectivity index (χ3v) is 3.33. The van der Waals surface area contributed by atoms with Gasteiger partial charge in [0, 0.05) is 6.04 Å². The average Bonchev–Trinajstić information content (AvgIpc) is 2.62. The van der Waals surface area contributed by atoms with Crippen molar-refractivity contribution in [2.45, 2.75) is 26.4 Å². The van der Waals surface area contributed by atoms with E-state index in [4.69, 9.17) is 4.55 Å². The summed E-state index contributed by atoms with van der Waals surface area (Å²) in [4.78, 5) is 0. The molecule has 0 saturated carbocycles. The number of quaternary nitrogens is 1. The SMILES string of the molecule is CC(C)n1cc(C[N+](C)(C)CCS(=O)(=O)O)nn1. The summed E-state index contributed by atoms with van der Waals surface area (Å²) in [7, 11) is -0.138. The minimum absolute atomic E-state index is 0.250. The van der Waals surface area contributed by atoms with Crippen LogP contribution in [0.5, 0.6) is 0 Å². The van der Waals surface area contributed by atoms with Crippen molar-refractivity contribution in [1.82, 2.24) is 15.0 Å². The fourth-order valence-corrected chi connectivity index (χ4v) is 2.24. The molecule has 1 rings (SSSR count). The Morgan fingerprint density at radius 2 is 2.06 bits per heavy atom. The Labute approximate surface area is 108 Å². The number of hydrogen-bond acceptors (Lipinski definition) is 4. The molecule has 0 radical (unpaired) electrons. The summed E-state index contributed by atoms with van der Waals surface area (Å²) in [5, 5.41) is 8.05. The van der Waals surface area contributed by atoms with Crippen LogP contribution in [0.15, 0.2) is 6.20 Å². The van der Waals surface area contributed by atoms with Gasteiger partial charge in [-0.1, -0.05) is 5.21 Å². The molecule has 1 aromatic heterocycles. The minimum atomic E-state index is -3.91. The van der Waals surface area contributed by atoms with Crippen molar-refractivity contribution in [2.24, 2.45) is 0 Å². The van der Waals surface area contributed by atoms with E-state index in [1.807, 2.05) is 34.1 Å². The molecule has 104 valence electrons. The predicted molar refractivity (Wildman–Crippen MR) is 67.5 cm³/mol. The van der Waals surface area contributed by atoms with E-state index in [-0.39, 0.29) is 11.8 Å². The molecule has 1 heterocycles. The molecule has 0 amide bonds. The largest absolute Gasteiger partial charge is 0.322 e. The van der Waals surface area contributed by atoms with Gasteiger partial charge < -0.3 is 4.48 Å². The van der Waals surface area contributed by atoms with Gasteiger partial charge in [-0.15, -0.1) is 5.10 Å². The van der Waals surface area contributed by atoms with Crippen molar-refractivity contribution in [3.05, 3.63) is 11.9 Å². The van der Waals surface area contributed by atoms with Crippen molar-refractivity contribution in [2.75, 3.05) is 26.4 Å². The lowest BCUT2D eigenvalue weighted by Gasteiger charge is -2.28. The van der Waals surface area contributed by atoms with Crippen molar-refractivity contribution < 1.29 is 17.5 Å². The molecule has 0 aliphatic carbocycles. The number of hydrogen-bond donors (Lipinski definition) is 1. The van der Waals surface area contributed by atoms with Crippen LogP contribution in [0.3, 0.4) is 0 Å². The fraction of sp³-hybridized carbons (Fsp3) is 0.800. The Kier molecular flexibility index (Phi) is 4.46. The maximum atomic E-state index is 10.7. The van der Waals surface area contributed by atoms with E-state index < -0.39 is 10.1 Å². The van der Waals surface area contributed by atoms with Gasteiger partial charge in [-0.05, 0) is 13.8 Å². The molecule has 18 heavy (non-hydrogen) atoms. The molecule has 0 aromatic carbocycles. The highest BCUT2D eigenvalue weighted by molar-refractivity contribution is 7.85. The third kappa shape index (κ3) is 5.11. The van der Waals surface area contributed by atoms with Gasteiger partial charge in [0.1, 0.15) is 18.0 Å². The molecule has 7 nitrogen and oxygen atoms in total. The standard InChI is InChI=1S/C10H20N4O3S/c1-9(2)13-7-10(11-12-13)8-14(3,4)5-6-18(15,16)17/h7,9H,5-6,8H2,1-4H3/p+1. The van der Waals surface area contributed by atoms with Gasteiger partial charge in [0.15, 0.2) is 0 Å². The van der Waals surface area contributed by atoms with Gasteiger partial charge in [0.2, 0.25) is 0 Å². The molecule has 0 unspecified atom stereocenters. The lowest BCUT2D eigenvalue weighted by molar-refractivity contribution is -0.901. The van der Waals surface area contributed by atoms with Crippen LogP contribution in [0, 0.1) is 0 Å². The highest BCUT2D eigenvalue weighted by Crippen LogP contribution is 2.09. The predicted octanol–water partition coefficient (Wildman–Crippen LogP) is 0.323. The van der Waals surface area contributed by atoms with Crippen molar-refractivity contribution >= 4 is 10.1 Å². The van der Waals surface area contributed by atoms with E-state index >= 15 is 0 Å². The van der Waals surface area contributed by atoms with E-state index in [0.29, 0.717) is 17.6 Å². The summed E-state index contributed by atoms with van der Waals surface area (Å²) < 4.78 is 32.4. The summed E-state index contributed by atoms with van der Waals surface area (Å²) in [6, 6.07) is 0.250. The van der Waals surface area contributed by atoms with Gasteiger partial charge in [-0.25, -0.2) is 4.68 Å². The number of aromatic nitrogens is 3. The summed E-state index contributed by atoms with van der Waals surface area (Å²) in [5.74, 6) is -0.252. The van der Waals surface area contributed by atoms with Crippen LogP contribution in [-0.4, -0.2) is 58.8 Å². The Morgan fingerprint density at radius 1 is 1.44 bits per heavy atom. The Morgan fingerprint density at radius 3 is 2.50 bits per heavy atom. The minimum Gasteiger partial charge on any atom is -0.322 e. The molecular formula is C10H21N4O3S+. The first-order valence-electron chi connectivity index (χ1n) is 5.77. The zero-order valence-corrected chi connectivity index (χ0v) is 12.1. The first kappa shape index (κ1) is 15.1. The van der Waals surface area contributed by atoms with Crippen molar-refractivity contribution in [1.29, 1.82) is 0 Å². The van der Waals surface area contributed by atoms with Crippen LogP contribution in [0.1, 0.15) is 25.6 Å². The molecule has 8 heteroatoms. The Bertz CT molecular complexity index is 493. The maximum Gasteiger partial charge on any atom is 0.270 e. The fourth-order valence-electron chi connectivity index (χ4n) is 1.52. The third-order valence-electron chi connectivity index (χ3n) is 2.63. The molecule has 0 aliphatic rings. The topological polar surface area (TPSA) is 85.1 Å². The molecule has 1 N–H and O–H groups in total. The summed E-state index contributed by atoms with van der Waals surface area (Å²) >= 11 is 0. The number of nitrogens with zero attached hydrogens (tertiary/aromatic N) is 4. The zero-order chi connectivity index (χ0) is 14.0. The quantitative estimate of drug-likeness (QED) is 0.598. The highest BCUT2D eigenvalue weighted by atomic mass is 32.2. The highest BCUT2D eigenvalue weighted by Gasteiger charge is 2.21. The number of rotatable bonds is 6. The monoisotopic (exact) mass is 277 g/mol. The van der Waals surface area contributed by atoms with Gasteiger partial charge in [0.05, 0.1) is 26.8 Å². The van der Waals surface area contributed by atoms with E-state index in [1.54, 1.807) is 4.68 Å². The van der Waals surface area contributed by atoms with Crippen LogP contribution < -0.4 is 0 Å². The lowest BCUT2D eigenvalue weighted by Crippen LogP contribution is -2.42. The van der Waals surface area contributed by atoms with Gasteiger partial charge in [-0.3, -0.25) is 4.55 Å². The second-order valence-corrected chi connectivity index (χ2v) is 6.96. The smallest absolute Gasteiger partial charge is 0.270 e. The lowest BCUT2D eigenvalue weighted by atomic mass is 10.3. The maximum absolute atomic E-state index is 10.7. The molecular weight excluding hydrogens is 256 g/mol. The molecule has 0 aliphatic heterocycles. The Balaban J connectivity index is 2.64. The summed E-state index contributed by atoms with van der Waals surface area (Å²) in [6.45, 7) is 4.92. The second kappa shape index (κ2) is 5.33. The zero-order valence-electron chi connectivity index (χ0n) is 11.2.